The summed E-state index contributed by atoms with van der Waals surface area (Å²) >= 11 is 1.91. The summed E-state index contributed by atoms with van der Waals surface area (Å²) in [6, 6.07) is 0.746. The topological polar surface area (TPSA) is 15.3 Å². The third kappa shape index (κ3) is 3.78. The monoisotopic (exact) mass is 188 g/mol. The van der Waals surface area contributed by atoms with E-state index in [-0.39, 0.29) is 0 Å². The molecule has 0 aromatic rings. The lowest BCUT2D eigenvalue weighted by Gasteiger charge is -2.30. The van der Waals surface area contributed by atoms with Crippen molar-refractivity contribution in [3.8, 4) is 0 Å². The Hall–Kier alpha value is 0.270. The number of likely N-dealkylation sites (N-methyl/N-ethyl adjacent to an activating group) is 1. The van der Waals surface area contributed by atoms with Gasteiger partial charge in [0.15, 0.2) is 0 Å². The van der Waals surface area contributed by atoms with Crippen LogP contribution in [-0.2, 0) is 0 Å². The summed E-state index contributed by atoms with van der Waals surface area (Å²) in [5.74, 6) is 1.24. The second-order valence-electron chi connectivity index (χ2n) is 3.55. The van der Waals surface area contributed by atoms with E-state index in [1.165, 1.54) is 38.2 Å². The Morgan fingerprint density at radius 2 is 2.42 bits per heavy atom. The summed E-state index contributed by atoms with van der Waals surface area (Å²) in [5.41, 5.74) is 0. The number of thioether (sulfide) groups is 1. The first-order valence-corrected chi connectivity index (χ1v) is 6.13. The number of hydrogen-bond donors (Lipinski definition) is 1. The smallest absolute Gasteiger partial charge is 0.0195 e. The zero-order chi connectivity index (χ0) is 8.81. The molecule has 0 spiro atoms. The highest BCUT2D eigenvalue weighted by Gasteiger charge is 2.15. The molecule has 72 valence electrons. The van der Waals surface area contributed by atoms with E-state index in [2.05, 4.69) is 23.5 Å². The van der Waals surface area contributed by atoms with Crippen molar-refractivity contribution in [1.82, 2.24) is 10.2 Å². The van der Waals surface area contributed by atoms with Crippen LogP contribution in [0.4, 0.5) is 0 Å². The van der Waals surface area contributed by atoms with Crippen molar-refractivity contribution in [1.29, 1.82) is 0 Å². The fraction of sp³-hybridized carbons (Fsp3) is 1.00. The van der Waals surface area contributed by atoms with Gasteiger partial charge in [-0.1, -0.05) is 0 Å². The van der Waals surface area contributed by atoms with Gasteiger partial charge in [0.05, 0.1) is 0 Å². The average Bonchev–Trinajstić information content (AvgIpc) is 2.05. The minimum atomic E-state index is 0.746. The van der Waals surface area contributed by atoms with Gasteiger partial charge < -0.3 is 10.2 Å². The van der Waals surface area contributed by atoms with Crippen molar-refractivity contribution >= 4 is 11.8 Å². The molecule has 2 nitrogen and oxygen atoms in total. The van der Waals surface area contributed by atoms with Crippen LogP contribution in [0.1, 0.15) is 12.8 Å². The van der Waals surface area contributed by atoms with E-state index in [9.17, 15) is 0 Å². The lowest BCUT2D eigenvalue weighted by molar-refractivity contribution is 0.229. The van der Waals surface area contributed by atoms with Crippen LogP contribution in [-0.4, -0.2) is 49.6 Å². The van der Waals surface area contributed by atoms with Crippen LogP contribution in [0.2, 0.25) is 0 Å². The van der Waals surface area contributed by atoms with Gasteiger partial charge in [-0.3, -0.25) is 0 Å². The predicted octanol–water partition coefficient (Wildman–Crippen LogP) is 1.03. The van der Waals surface area contributed by atoms with E-state index in [0.717, 1.165) is 6.04 Å². The van der Waals surface area contributed by atoms with E-state index < -0.39 is 0 Å². The molecule has 0 aliphatic carbocycles. The lowest BCUT2D eigenvalue weighted by atomic mass is 10.1. The van der Waals surface area contributed by atoms with Gasteiger partial charge in [-0.25, -0.2) is 0 Å². The highest BCUT2D eigenvalue weighted by atomic mass is 32.2. The van der Waals surface area contributed by atoms with Crippen molar-refractivity contribution in [2.45, 2.75) is 18.9 Å². The molecule has 0 amide bonds. The van der Waals surface area contributed by atoms with Crippen LogP contribution >= 0.6 is 11.8 Å². The molecule has 1 unspecified atom stereocenters. The summed E-state index contributed by atoms with van der Waals surface area (Å²) in [6.45, 7) is 3.68. The lowest BCUT2D eigenvalue weighted by Crippen LogP contribution is -2.44. The van der Waals surface area contributed by atoms with Gasteiger partial charge in [-0.05, 0) is 32.7 Å². The maximum atomic E-state index is 3.59. The molecule has 0 aromatic carbocycles. The molecule has 1 aliphatic rings. The van der Waals surface area contributed by atoms with E-state index in [4.69, 9.17) is 0 Å². The van der Waals surface area contributed by atoms with Crippen LogP contribution in [0.25, 0.3) is 0 Å². The molecule has 0 aromatic heterocycles. The molecule has 1 fully saturated rings. The molecule has 0 bridgehead atoms. The number of hydrogen-bond acceptors (Lipinski definition) is 3. The number of nitrogens with one attached hydrogen (secondary N) is 1. The Kier molecular flexibility index (Phi) is 5.04. The van der Waals surface area contributed by atoms with Crippen molar-refractivity contribution in [2.75, 3.05) is 38.7 Å². The number of rotatable bonds is 4. The van der Waals surface area contributed by atoms with Gasteiger partial charge in [-0.15, -0.1) is 0 Å². The minimum absolute atomic E-state index is 0.746. The van der Waals surface area contributed by atoms with E-state index in [1.807, 2.05) is 11.8 Å². The molecule has 0 saturated carbocycles. The summed E-state index contributed by atoms with van der Waals surface area (Å²) in [7, 11) is 2.21. The van der Waals surface area contributed by atoms with Gasteiger partial charge in [0, 0.05) is 24.9 Å². The van der Waals surface area contributed by atoms with Gasteiger partial charge >= 0.3 is 0 Å². The SMILES string of the molecule is CSCCNC1CCCN(C)C1. The number of nitrogens with zero attached hydrogens (tertiary/aromatic N) is 1. The molecular weight excluding hydrogens is 168 g/mol. The molecule has 1 heterocycles. The average molecular weight is 188 g/mol. The molecule has 1 aliphatic heterocycles. The Bertz CT molecular complexity index is 119. The first-order chi connectivity index (χ1) is 5.83. The van der Waals surface area contributed by atoms with Gasteiger partial charge in [0.1, 0.15) is 0 Å². The third-order valence-corrected chi connectivity index (χ3v) is 2.98. The second kappa shape index (κ2) is 5.84. The highest BCUT2D eigenvalue weighted by Crippen LogP contribution is 2.07. The molecule has 1 saturated heterocycles. The van der Waals surface area contributed by atoms with Gasteiger partial charge in [0.25, 0.3) is 0 Å². The summed E-state index contributed by atoms with van der Waals surface area (Å²) < 4.78 is 0. The Labute approximate surface area is 80.1 Å². The molecular formula is C9H20N2S. The summed E-state index contributed by atoms with van der Waals surface area (Å²) in [5, 5.41) is 3.59. The quantitative estimate of drug-likeness (QED) is 0.664. The second-order valence-corrected chi connectivity index (χ2v) is 4.53. The standard InChI is InChI=1S/C9H20N2S/c1-11-6-3-4-9(8-11)10-5-7-12-2/h9-10H,3-8H2,1-2H3. The largest absolute Gasteiger partial charge is 0.312 e. The summed E-state index contributed by atoms with van der Waals surface area (Å²) in [6.07, 6.45) is 4.88. The Morgan fingerprint density at radius 1 is 1.58 bits per heavy atom. The Morgan fingerprint density at radius 3 is 3.08 bits per heavy atom. The maximum Gasteiger partial charge on any atom is 0.0195 e. The number of likely N-dealkylation sites (tertiary alicyclic amines) is 1. The first-order valence-electron chi connectivity index (χ1n) is 4.74. The van der Waals surface area contributed by atoms with Crippen LogP contribution in [0, 0.1) is 0 Å². The molecule has 12 heavy (non-hydrogen) atoms. The fourth-order valence-electron chi connectivity index (χ4n) is 1.70. The molecule has 3 heteroatoms. The maximum absolute atomic E-state index is 3.59. The van der Waals surface area contributed by atoms with Crippen LogP contribution < -0.4 is 5.32 Å². The van der Waals surface area contributed by atoms with Crippen molar-refractivity contribution in [2.24, 2.45) is 0 Å². The third-order valence-electron chi connectivity index (χ3n) is 2.36. The van der Waals surface area contributed by atoms with Crippen molar-refractivity contribution in [3.63, 3.8) is 0 Å². The zero-order valence-corrected chi connectivity index (χ0v) is 8.99. The summed E-state index contributed by atoms with van der Waals surface area (Å²) in [4.78, 5) is 2.42. The minimum Gasteiger partial charge on any atom is -0.312 e. The van der Waals surface area contributed by atoms with E-state index in [0.29, 0.717) is 0 Å². The first kappa shape index (κ1) is 10.4. The fourth-order valence-corrected chi connectivity index (χ4v) is 2.02. The predicted molar refractivity (Wildman–Crippen MR) is 56.9 cm³/mol. The van der Waals surface area contributed by atoms with Gasteiger partial charge in [0.2, 0.25) is 0 Å². The van der Waals surface area contributed by atoms with Crippen molar-refractivity contribution in [3.05, 3.63) is 0 Å². The van der Waals surface area contributed by atoms with Crippen LogP contribution in [0.3, 0.4) is 0 Å². The van der Waals surface area contributed by atoms with Crippen LogP contribution in [0.15, 0.2) is 0 Å². The highest BCUT2D eigenvalue weighted by molar-refractivity contribution is 7.98. The Balaban J connectivity index is 2.06. The van der Waals surface area contributed by atoms with E-state index in [1.54, 1.807) is 0 Å². The molecule has 1 atom stereocenters. The molecule has 1 N–H and O–H groups in total. The van der Waals surface area contributed by atoms with E-state index >= 15 is 0 Å². The number of piperidine rings is 1. The zero-order valence-electron chi connectivity index (χ0n) is 8.18. The normalized spacial score (nSPS) is 26.0. The van der Waals surface area contributed by atoms with Crippen molar-refractivity contribution < 1.29 is 0 Å². The molecule has 0 radical (unpaired) electrons. The van der Waals surface area contributed by atoms with Crippen LogP contribution in [0.5, 0.6) is 0 Å². The van der Waals surface area contributed by atoms with Gasteiger partial charge in [-0.2, -0.15) is 11.8 Å². The molecule has 1 rings (SSSR count).